The summed E-state index contributed by atoms with van der Waals surface area (Å²) in [6.45, 7) is 0. The normalized spacial score (nSPS) is 12.5. The smallest absolute Gasteiger partial charge is 0.0485 e. The summed E-state index contributed by atoms with van der Waals surface area (Å²) >= 11 is 0. The van der Waals surface area contributed by atoms with Gasteiger partial charge in [-0.05, 0) is 60.2 Å². The molecule has 4 aromatic heterocycles. The second-order valence-electron chi connectivity index (χ2n) is 8.73. The number of benzene rings is 2. The highest BCUT2D eigenvalue weighted by molar-refractivity contribution is 5.87. The fourth-order valence-electron chi connectivity index (χ4n) is 4.83. The van der Waals surface area contributed by atoms with Gasteiger partial charge >= 0.3 is 0 Å². The first-order chi connectivity index (χ1) is 16.8. The molecule has 0 atom stereocenters. The van der Waals surface area contributed by atoms with Gasteiger partial charge in [0.05, 0.1) is 0 Å². The van der Waals surface area contributed by atoms with E-state index >= 15 is 0 Å². The Bertz CT molecular complexity index is 1910. The number of hydrogen-bond donors (Lipinski definition) is 4. The van der Waals surface area contributed by atoms with E-state index in [-0.39, 0.29) is 0 Å². The van der Waals surface area contributed by atoms with Crippen molar-refractivity contribution >= 4 is 35.1 Å². The minimum absolute atomic E-state index is 1.05. The van der Waals surface area contributed by atoms with Crippen LogP contribution in [0.5, 0.6) is 0 Å². The van der Waals surface area contributed by atoms with Crippen molar-refractivity contribution in [3.05, 3.63) is 129 Å². The van der Waals surface area contributed by atoms with Gasteiger partial charge in [-0.15, -0.1) is 0 Å². The SMILES string of the molecule is C1=c2ccc([nH]2)=Cc2cc(-c3ccccc3)c([nH]2)C=c2[nH]c(c3ccccc23)=Cc2ccc1[nH]2. The highest BCUT2D eigenvalue weighted by atomic mass is 14.8. The quantitative estimate of drug-likeness (QED) is 0.304. The standard InChI is InChI=1S/C30H22N4/c1-2-6-19(7-3-1)27-16-24-15-22-11-10-20(31-22)14-21-12-13-23(32-21)17-28-25-8-4-5-9-26(25)29(34-28)18-30(27)33-24/h1-18,31-34H. The van der Waals surface area contributed by atoms with E-state index in [0.717, 1.165) is 44.2 Å². The van der Waals surface area contributed by atoms with Gasteiger partial charge in [0, 0.05) is 60.5 Å². The Morgan fingerprint density at radius 1 is 0.441 bits per heavy atom. The summed E-state index contributed by atoms with van der Waals surface area (Å²) in [5.41, 5.74) is 6.60. The molecule has 4 N–H and O–H groups in total. The maximum absolute atomic E-state index is 3.67. The molecular formula is C30H22N4. The Kier molecular flexibility index (Phi) is 4.11. The molecule has 0 unspecified atom stereocenters. The number of H-pyrrole nitrogens is 4. The molecule has 34 heavy (non-hydrogen) atoms. The van der Waals surface area contributed by atoms with Crippen LogP contribution in [0.1, 0.15) is 22.8 Å². The second kappa shape index (κ2) is 7.42. The van der Waals surface area contributed by atoms with E-state index in [1.54, 1.807) is 0 Å². The van der Waals surface area contributed by atoms with Crippen molar-refractivity contribution in [3.63, 3.8) is 0 Å². The number of nitrogens with one attached hydrogen (secondary N) is 4. The molecule has 0 radical (unpaired) electrons. The van der Waals surface area contributed by atoms with Gasteiger partial charge in [0.1, 0.15) is 0 Å². The van der Waals surface area contributed by atoms with Crippen LogP contribution in [0, 0.1) is 0 Å². The zero-order valence-electron chi connectivity index (χ0n) is 18.4. The lowest BCUT2D eigenvalue weighted by Gasteiger charge is -1.99. The highest BCUT2D eigenvalue weighted by Gasteiger charge is 2.09. The predicted octanol–water partition coefficient (Wildman–Crippen LogP) is 3.45. The van der Waals surface area contributed by atoms with E-state index < -0.39 is 0 Å². The van der Waals surface area contributed by atoms with E-state index in [2.05, 4.69) is 129 Å². The monoisotopic (exact) mass is 438 g/mol. The maximum atomic E-state index is 3.67. The second-order valence-corrected chi connectivity index (χ2v) is 8.73. The lowest BCUT2D eigenvalue weighted by Crippen LogP contribution is -2.11. The Labute approximate surface area is 195 Å². The van der Waals surface area contributed by atoms with Crippen LogP contribution in [0.25, 0.3) is 46.2 Å². The van der Waals surface area contributed by atoms with Crippen molar-refractivity contribution in [2.24, 2.45) is 0 Å². The predicted molar refractivity (Wildman–Crippen MR) is 139 cm³/mol. The summed E-state index contributed by atoms with van der Waals surface area (Å²) in [5, 5.41) is 6.68. The third-order valence-electron chi connectivity index (χ3n) is 6.40. The van der Waals surface area contributed by atoms with Gasteiger partial charge in [0.25, 0.3) is 0 Å². The third kappa shape index (κ3) is 3.24. The maximum Gasteiger partial charge on any atom is 0.0485 e. The summed E-state index contributed by atoms with van der Waals surface area (Å²) in [7, 11) is 0. The van der Waals surface area contributed by atoms with Crippen LogP contribution >= 0.6 is 0 Å². The molecule has 6 aromatic rings. The van der Waals surface area contributed by atoms with E-state index in [1.807, 2.05) is 0 Å². The summed E-state index contributed by atoms with van der Waals surface area (Å²) in [5.74, 6) is 0. The molecule has 4 nitrogen and oxygen atoms in total. The molecule has 0 saturated heterocycles. The van der Waals surface area contributed by atoms with E-state index in [4.69, 9.17) is 0 Å². The van der Waals surface area contributed by atoms with Crippen molar-refractivity contribution in [3.8, 4) is 11.1 Å². The molecule has 162 valence electrons. The van der Waals surface area contributed by atoms with Crippen molar-refractivity contribution in [2.45, 2.75) is 0 Å². The summed E-state index contributed by atoms with van der Waals surface area (Å²) in [6, 6.07) is 29.7. The van der Waals surface area contributed by atoms with Crippen LogP contribution in [0.15, 0.2) is 84.9 Å². The lowest BCUT2D eigenvalue weighted by molar-refractivity contribution is 1.23. The average Bonchev–Trinajstić information content (AvgIpc) is 3.64. The van der Waals surface area contributed by atoms with Gasteiger partial charge in [0.15, 0.2) is 0 Å². The van der Waals surface area contributed by atoms with Crippen LogP contribution in [0.4, 0.5) is 0 Å². The molecular weight excluding hydrogens is 416 g/mol. The molecule has 7 rings (SSSR count). The summed E-state index contributed by atoms with van der Waals surface area (Å²) in [6.07, 6.45) is 8.68. The number of aromatic amines is 4. The zero-order chi connectivity index (χ0) is 22.5. The van der Waals surface area contributed by atoms with Gasteiger partial charge in [-0.1, -0.05) is 54.6 Å². The number of aromatic nitrogens is 4. The Balaban J connectivity index is 1.59. The number of rotatable bonds is 1. The largest absolute Gasteiger partial charge is 0.355 e. The Morgan fingerprint density at radius 3 is 1.85 bits per heavy atom. The van der Waals surface area contributed by atoms with Crippen LogP contribution in [0.2, 0.25) is 0 Å². The molecule has 0 spiro atoms. The molecule has 1 aliphatic heterocycles. The number of fused-ring (bicyclic) bond motifs is 11. The van der Waals surface area contributed by atoms with E-state index in [1.165, 1.54) is 21.9 Å². The van der Waals surface area contributed by atoms with Crippen LogP contribution in [-0.2, 0) is 0 Å². The summed E-state index contributed by atoms with van der Waals surface area (Å²) in [4.78, 5) is 14.3. The van der Waals surface area contributed by atoms with Crippen molar-refractivity contribution in [1.29, 1.82) is 0 Å². The molecule has 4 heteroatoms. The molecule has 0 amide bonds. The third-order valence-corrected chi connectivity index (χ3v) is 6.40. The van der Waals surface area contributed by atoms with Crippen LogP contribution < -0.4 is 21.4 Å². The van der Waals surface area contributed by atoms with Crippen LogP contribution in [-0.4, -0.2) is 19.9 Å². The van der Waals surface area contributed by atoms with Crippen LogP contribution in [0.3, 0.4) is 0 Å². The van der Waals surface area contributed by atoms with Crippen molar-refractivity contribution in [2.75, 3.05) is 0 Å². The van der Waals surface area contributed by atoms with E-state index in [0.29, 0.717) is 0 Å². The van der Waals surface area contributed by atoms with Crippen molar-refractivity contribution < 1.29 is 0 Å². The zero-order valence-corrected chi connectivity index (χ0v) is 18.4. The summed E-state index contributed by atoms with van der Waals surface area (Å²) < 4.78 is 0. The highest BCUT2D eigenvalue weighted by Crippen LogP contribution is 2.26. The number of hydrogen-bond acceptors (Lipinski definition) is 0. The Morgan fingerprint density at radius 2 is 1.09 bits per heavy atom. The Hall–Kier alpha value is -4.70. The first kappa shape index (κ1) is 18.8. The van der Waals surface area contributed by atoms with Gasteiger partial charge < -0.3 is 19.9 Å². The molecule has 1 aliphatic rings. The molecule has 8 bridgehead atoms. The van der Waals surface area contributed by atoms with Gasteiger partial charge in [-0.3, -0.25) is 0 Å². The fraction of sp³-hybridized carbons (Fsp3) is 0. The molecule has 5 heterocycles. The van der Waals surface area contributed by atoms with Gasteiger partial charge in [0.2, 0.25) is 0 Å². The van der Waals surface area contributed by atoms with Crippen molar-refractivity contribution in [1.82, 2.24) is 19.9 Å². The minimum Gasteiger partial charge on any atom is -0.355 e. The van der Waals surface area contributed by atoms with Gasteiger partial charge in [-0.2, -0.15) is 0 Å². The topological polar surface area (TPSA) is 63.2 Å². The molecule has 0 fully saturated rings. The fourth-order valence-corrected chi connectivity index (χ4v) is 4.83. The van der Waals surface area contributed by atoms with Gasteiger partial charge in [-0.25, -0.2) is 0 Å². The molecule has 2 aromatic carbocycles. The lowest BCUT2D eigenvalue weighted by atomic mass is 10.1. The first-order valence-corrected chi connectivity index (χ1v) is 11.4. The first-order valence-electron chi connectivity index (χ1n) is 11.4. The molecule has 0 aliphatic carbocycles. The molecule has 0 saturated carbocycles. The minimum atomic E-state index is 1.05. The van der Waals surface area contributed by atoms with E-state index in [9.17, 15) is 0 Å². The average molecular weight is 439 g/mol.